The summed E-state index contributed by atoms with van der Waals surface area (Å²) < 4.78 is 1.87. The minimum Gasteiger partial charge on any atom is -0.363 e. The van der Waals surface area contributed by atoms with Crippen LogP contribution in [-0.2, 0) is 11.3 Å². The molecule has 1 aliphatic heterocycles. The number of aryl methyl sites for hydroxylation is 1. The summed E-state index contributed by atoms with van der Waals surface area (Å²) in [5, 5.41) is 10.6. The molecule has 3 aromatic rings. The highest BCUT2D eigenvalue weighted by Crippen LogP contribution is 2.20. The van der Waals surface area contributed by atoms with Crippen LogP contribution in [-0.4, -0.2) is 43.8 Å². The van der Waals surface area contributed by atoms with Crippen molar-refractivity contribution in [3.8, 4) is 0 Å². The molecule has 2 aromatic heterocycles. The molecular weight excluding hydrogens is 358 g/mol. The van der Waals surface area contributed by atoms with Crippen molar-refractivity contribution in [2.75, 3.05) is 11.9 Å². The molecule has 0 fully saturated rings. The van der Waals surface area contributed by atoms with Crippen molar-refractivity contribution in [1.29, 1.82) is 0 Å². The number of fused-ring (bicyclic) bond motifs is 1. The van der Waals surface area contributed by atoms with Crippen LogP contribution < -0.4 is 10.6 Å². The number of carbonyl (C=O) groups is 2. The highest BCUT2D eigenvalue weighted by molar-refractivity contribution is 5.92. The van der Waals surface area contributed by atoms with Crippen molar-refractivity contribution in [1.82, 2.24) is 25.0 Å². The predicted molar refractivity (Wildman–Crippen MR) is 104 cm³/mol. The van der Waals surface area contributed by atoms with Gasteiger partial charge in [0.15, 0.2) is 0 Å². The van der Waals surface area contributed by atoms with E-state index in [1.807, 2.05) is 48.0 Å². The first-order valence-corrected chi connectivity index (χ1v) is 9.02. The molecular formula is C19H23N7O2. The van der Waals surface area contributed by atoms with E-state index in [1.165, 1.54) is 0 Å². The summed E-state index contributed by atoms with van der Waals surface area (Å²) in [4.78, 5) is 27.9. The van der Waals surface area contributed by atoms with Gasteiger partial charge in [-0.3, -0.25) is 14.7 Å². The van der Waals surface area contributed by atoms with Gasteiger partial charge in [0.1, 0.15) is 11.6 Å². The highest BCUT2D eigenvalue weighted by atomic mass is 16.2. The quantitative estimate of drug-likeness (QED) is 0.715. The first kappa shape index (κ1) is 19.3. The standard InChI is InChI=1S/C11H12N4O.C8H11N3O/c1-7(8-5-3-2-4-6-8)10-13-11(9(12)16)15-14-10;1-10-7-4-5-9-11(7)6-2-3-8(10)12/h2-7H,1H3,(H2,12,16)(H,13,14,15);4-5H,2-3,6H2,1H3. The van der Waals surface area contributed by atoms with Gasteiger partial charge >= 0.3 is 0 Å². The molecule has 1 atom stereocenters. The fourth-order valence-electron chi connectivity index (χ4n) is 2.94. The normalized spacial score (nSPS) is 14.5. The van der Waals surface area contributed by atoms with Crippen LogP contribution in [0.1, 0.15) is 47.7 Å². The number of hydrogen-bond acceptors (Lipinski definition) is 5. The zero-order valence-electron chi connectivity index (χ0n) is 15.9. The Labute approximate surface area is 162 Å². The lowest BCUT2D eigenvalue weighted by Crippen LogP contribution is -2.25. The van der Waals surface area contributed by atoms with Crippen molar-refractivity contribution >= 4 is 17.6 Å². The third-order valence-corrected chi connectivity index (χ3v) is 4.61. The van der Waals surface area contributed by atoms with Crippen molar-refractivity contribution < 1.29 is 9.59 Å². The molecule has 28 heavy (non-hydrogen) atoms. The second-order valence-corrected chi connectivity index (χ2v) is 6.51. The summed E-state index contributed by atoms with van der Waals surface area (Å²) in [5.74, 6) is 1.18. The van der Waals surface area contributed by atoms with Crippen LogP contribution in [0.25, 0.3) is 0 Å². The lowest BCUT2D eigenvalue weighted by molar-refractivity contribution is -0.118. The highest BCUT2D eigenvalue weighted by Gasteiger charge is 2.18. The monoisotopic (exact) mass is 381 g/mol. The van der Waals surface area contributed by atoms with Crippen LogP contribution in [0.15, 0.2) is 42.6 Å². The molecule has 0 spiro atoms. The molecule has 0 radical (unpaired) electrons. The van der Waals surface area contributed by atoms with Gasteiger partial charge in [0, 0.05) is 32.0 Å². The van der Waals surface area contributed by atoms with Crippen molar-refractivity contribution in [3.63, 3.8) is 0 Å². The first-order chi connectivity index (χ1) is 13.5. The second kappa shape index (κ2) is 8.47. The second-order valence-electron chi connectivity index (χ2n) is 6.51. The zero-order chi connectivity index (χ0) is 20.1. The maximum absolute atomic E-state index is 11.4. The van der Waals surface area contributed by atoms with E-state index in [4.69, 9.17) is 5.73 Å². The van der Waals surface area contributed by atoms with Crippen LogP contribution in [0.2, 0.25) is 0 Å². The van der Waals surface area contributed by atoms with Crippen LogP contribution in [0.5, 0.6) is 0 Å². The van der Waals surface area contributed by atoms with Gasteiger partial charge in [-0.25, -0.2) is 9.67 Å². The number of primary amides is 1. The van der Waals surface area contributed by atoms with Gasteiger partial charge in [0.25, 0.3) is 5.91 Å². The number of aromatic nitrogens is 5. The van der Waals surface area contributed by atoms with E-state index >= 15 is 0 Å². The Hall–Kier alpha value is -3.49. The molecule has 3 heterocycles. The maximum atomic E-state index is 11.4. The van der Waals surface area contributed by atoms with Gasteiger partial charge in [-0.15, -0.1) is 5.10 Å². The molecule has 0 aliphatic carbocycles. The summed E-state index contributed by atoms with van der Waals surface area (Å²) in [6.07, 6.45) is 3.24. The molecule has 1 aromatic carbocycles. The largest absolute Gasteiger partial charge is 0.363 e. The number of carbonyl (C=O) groups excluding carboxylic acids is 2. The van der Waals surface area contributed by atoms with Gasteiger partial charge < -0.3 is 10.6 Å². The summed E-state index contributed by atoms with van der Waals surface area (Å²) >= 11 is 0. The summed E-state index contributed by atoms with van der Waals surface area (Å²) in [6, 6.07) is 11.7. The van der Waals surface area contributed by atoms with E-state index in [0.29, 0.717) is 12.2 Å². The van der Waals surface area contributed by atoms with E-state index < -0.39 is 5.91 Å². The number of nitrogens with zero attached hydrogens (tertiary/aromatic N) is 5. The van der Waals surface area contributed by atoms with Gasteiger partial charge in [-0.2, -0.15) is 5.10 Å². The van der Waals surface area contributed by atoms with Crippen LogP contribution >= 0.6 is 0 Å². The minimum absolute atomic E-state index is 0.0257. The summed E-state index contributed by atoms with van der Waals surface area (Å²) in [6.45, 7) is 2.83. The van der Waals surface area contributed by atoms with E-state index in [9.17, 15) is 9.59 Å². The Morgan fingerprint density at radius 1 is 1.25 bits per heavy atom. The fraction of sp³-hybridized carbons (Fsp3) is 0.316. The molecule has 0 bridgehead atoms. The lowest BCUT2D eigenvalue weighted by Gasteiger charge is -2.13. The minimum atomic E-state index is -0.622. The fourth-order valence-corrected chi connectivity index (χ4v) is 2.94. The number of hydrogen-bond donors (Lipinski definition) is 2. The Balaban J connectivity index is 0.000000167. The van der Waals surface area contributed by atoms with Gasteiger partial charge in [0.05, 0.1) is 6.20 Å². The zero-order valence-corrected chi connectivity index (χ0v) is 15.9. The molecule has 1 aliphatic rings. The predicted octanol–water partition coefficient (Wildman–Crippen LogP) is 1.70. The number of aromatic amines is 1. The van der Waals surface area contributed by atoms with E-state index in [-0.39, 0.29) is 17.6 Å². The average Bonchev–Trinajstić information content (AvgIpc) is 3.35. The molecule has 146 valence electrons. The van der Waals surface area contributed by atoms with Crippen LogP contribution in [0.3, 0.4) is 0 Å². The number of anilines is 1. The van der Waals surface area contributed by atoms with E-state index in [0.717, 1.165) is 24.3 Å². The summed E-state index contributed by atoms with van der Waals surface area (Å²) in [5.41, 5.74) is 6.19. The third kappa shape index (κ3) is 4.25. The maximum Gasteiger partial charge on any atom is 0.288 e. The Morgan fingerprint density at radius 3 is 2.68 bits per heavy atom. The van der Waals surface area contributed by atoms with E-state index in [1.54, 1.807) is 18.1 Å². The number of amides is 2. The summed E-state index contributed by atoms with van der Waals surface area (Å²) in [7, 11) is 1.79. The number of H-pyrrole nitrogens is 1. The topological polar surface area (TPSA) is 123 Å². The van der Waals surface area contributed by atoms with Crippen molar-refractivity contribution in [3.05, 3.63) is 59.8 Å². The molecule has 4 rings (SSSR count). The third-order valence-electron chi connectivity index (χ3n) is 4.61. The number of benzene rings is 1. The molecule has 0 saturated carbocycles. The number of rotatable bonds is 3. The van der Waals surface area contributed by atoms with Crippen LogP contribution in [0.4, 0.5) is 5.82 Å². The SMILES string of the molecule is CC(c1ccccc1)c1nc(C(N)=O)n[nH]1.CN1C(=O)CCCn2nccc21. The lowest BCUT2D eigenvalue weighted by atomic mass is 10.0. The van der Waals surface area contributed by atoms with E-state index in [2.05, 4.69) is 20.3 Å². The van der Waals surface area contributed by atoms with Crippen molar-refractivity contribution in [2.24, 2.45) is 5.73 Å². The first-order valence-electron chi connectivity index (χ1n) is 9.02. The van der Waals surface area contributed by atoms with Gasteiger partial charge in [-0.05, 0) is 12.0 Å². The Bertz CT molecular complexity index is 948. The van der Waals surface area contributed by atoms with Crippen molar-refractivity contribution in [2.45, 2.75) is 32.2 Å². The van der Waals surface area contributed by atoms with Gasteiger partial charge in [0.2, 0.25) is 11.7 Å². The Morgan fingerprint density at radius 2 is 2.00 bits per heavy atom. The van der Waals surface area contributed by atoms with Gasteiger partial charge in [-0.1, -0.05) is 37.3 Å². The number of nitrogens with two attached hydrogens (primary N) is 1. The Kier molecular flexibility index (Phi) is 5.83. The molecule has 2 amide bonds. The molecule has 9 nitrogen and oxygen atoms in total. The molecule has 9 heteroatoms. The smallest absolute Gasteiger partial charge is 0.288 e. The molecule has 0 saturated heterocycles. The molecule has 3 N–H and O–H groups in total. The molecule has 1 unspecified atom stereocenters. The average molecular weight is 381 g/mol. The van der Waals surface area contributed by atoms with Crippen LogP contribution in [0, 0.1) is 0 Å². The number of nitrogens with one attached hydrogen (secondary N) is 1.